The fraction of sp³-hybridized carbons (Fsp3) is 0.591. The van der Waals surface area contributed by atoms with E-state index in [0.717, 1.165) is 31.6 Å². The van der Waals surface area contributed by atoms with Gasteiger partial charge in [0.15, 0.2) is 0 Å². The molecule has 0 radical (unpaired) electrons. The summed E-state index contributed by atoms with van der Waals surface area (Å²) >= 11 is 0. The highest BCUT2D eigenvalue weighted by Gasteiger charge is 2.18. The normalized spacial score (nSPS) is 19.5. The van der Waals surface area contributed by atoms with Crippen molar-refractivity contribution in [2.75, 3.05) is 19.6 Å². The van der Waals surface area contributed by atoms with Gasteiger partial charge in [0.05, 0.1) is 0 Å². The molecule has 1 amide bonds. The third-order valence-electron chi connectivity index (χ3n) is 5.70. The molecule has 0 spiro atoms. The van der Waals surface area contributed by atoms with Crippen LogP contribution in [-0.2, 0) is 0 Å². The molecular formula is C22H34N2O. The first-order valence-electron chi connectivity index (χ1n) is 9.73. The second-order valence-electron chi connectivity index (χ2n) is 7.43. The number of piperidine rings is 1. The van der Waals surface area contributed by atoms with Gasteiger partial charge in [-0.3, -0.25) is 9.69 Å². The second kappa shape index (κ2) is 9.19. The molecule has 3 nitrogen and oxygen atoms in total. The molecule has 1 fully saturated rings. The zero-order valence-electron chi connectivity index (χ0n) is 16.6. The summed E-state index contributed by atoms with van der Waals surface area (Å²) in [5.74, 6) is 0.0351. The minimum atomic E-state index is 0.0351. The Kier molecular flexibility index (Phi) is 7.24. The SMILES string of the molecule is CC/C(C)=C(/C)c1cc(C(=O)NCCN2CCCCC2C)ccc1C. The number of benzene rings is 1. The third kappa shape index (κ3) is 5.18. The number of carbonyl (C=O) groups is 1. The maximum atomic E-state index is 12.5. The average Bonchev–Trinajstić information content (AvgIpc) is 2.62. The zero-order chi connectivity index (χ0) is 18.4. The van der Waals surface area contributed by atoms with Gasteiger partial charge in [-0.1, -0.05) is 25.0 Å². The van der Waals surface area contributed by atoms with Gasteiger partial charge in [0, 0.05) is 24.7 Å². The van der Waals surface area contributed by atoms with Crippen molar-refractivity contribution in [3.05, 3.63) is 40.5 Å². The first-order chi connectivity index (χ1) is 11.9. The van der Waals surface area contributed by atoms with Crippen LogP contribution in [0.15, 0.2) is 23.8 Å². The van der Waals surface area contributed by atoms with Gasteiger partial charge in [-0.15, -0.1) is 0 Å². The Morgan fingerprint density at radius 1 is 1.28 bits per heavy atom. The molecule has 1 aromatic carbocycles. The van der Waals surface area contributed by atoms with Crippen LogP contribution in [0, 0.1) is 6.92 Å². The molecule has 2 rings (SSSR count). The van der Waals surface area contributed by atoms with Gasteiger partial charge in [0.1, 0.15) is 0 Å². The predicted octanol–water partition coefficient (Wildman–Crippen LogP) is 4.80. The van der Waals surface area contributed by atoms with Gasteiger partial charge in [0.25, 0.3) is 5.91 Å². The van der Waals surface area contributed by atoms with Crippen molar-refractivity contribution >= 4 is 11.5 Å². The molecule has 1 aromatic rings. The number of carbonyl (C=O) groups excluding carboxylic acids is 1. The van der Waals surface area contributed by atoms with Crippen molar-refractivity contribution in [1.29, 1.82) is 0 Å². The fourth-order valence-electron chi connectivity index (χ4n) is 3.57. The Morgan fingerprint density at radius 2 is 2.04 bits per heavy atom. The fourth-order valence-corrected chi connectivity index (χ4v) is 3.57. The van der Waals surface area contributed by atoms with Gasteiger partial charge in [-0.25, -0.2) is 0 Å². The average molecular weight is 343 g/mol. The van der Waals surface area contributed by atoms with Crippen LogP contribution in [-0.4, -0.2) is 36.5 Å². The Hall–Kier alpha value is -1.61. The number of hydrogen-bond acceptors (Lipinski definition) is 2. The highest BCUT2D eigenvalue weighted by molar-refractivity contribution is 5.95. The van der Waals surface area contributed by atoms with Crippen LogP contribution in [0.4, 0.5) is 0 Å². The largest absolute Gasteiger partial charge is 0.351 e. The van der Waals surface area contributed by atoms with Gasteiger partial charge < -0.3 is 5.32 Å². The number of allylic oxidation sites excluding steroid dienone is 2. The minimum Gasteiger partial charge on any atom is -0.351 e. The van der Waals surface area contributed by atoms with E-state index in [4.69, 9.17) is 0 Å². The molecule has 0 bridgehead atoms. The number of aryl methyl sites for hydroxylation is 1. The van der Waals surface area contributed by atoms with E-state index >= 15 is 0 Å². The summed E-state index contributed by atoms with van der Waals surface area (Å²) in [5.41, 5.74) is 5.84. The van der Waals surface area contributed by atoms with Crippen molar-refractivity contribution in [3.8, 4) is 0 Å². The minimum absolute atomic E-state index is 0.0351. The molecule has 25 heavy (non-hydrogen) atoms. The van der Waals surface area contributed by atoms with Crippen LogP contribution in [0.5, 0.6) is 0 Å². The summed E-state index contributed by atoms with van der Waals surface area (Å²) in [6, 6.07) is 6.68. The van der Waals surface area contributed by atoms with E-state index in [1.54, 1.807) is 0 Å². The molecule has 0 aromatic heterocycles. The lowest BCUT2D eigenvalue weighted by molar-refractivity contribution is 0.0938. The molecule has 138 valence electrons. The van der Waals surface area contributed by atoms with E-state index in [-0.39, 0.29) is 5.91 Å². The van der Waals surface area contributed by atoms with E-state index in [1.807, 2.05) is 12.1 Å². The van der Waals surface area contributed by atoms with E-state index in [2.05, 4.69) is 50.9 Å². The molecule has 1 atom stereocenters. The molecule has 1 aliphatic rings. The van der Waals surface area contributed by atoms with Crippen molar-refractivity contribution in [1.82, 2.24) is 10.2 Å². The van der Waals surface area contributed by atoms with Gasteiger partial charge >= 0.3 is 0 Å². The van der Waals surface area contributed by atoms with Crippen molar-refractivity contribution in [3.63, 3.8) is 0 Å². The number of nitrogens with zero attached hydrogens (tertiary/aromatic N) is 1. The van der Waals surface area contributed by atoms with Crippen LogP contribution < -0.4 is 5.32 Å². The molecule has 0 saturated carbocycles. The Bertz CT molecular complexity index is 633. The number of likely N-dealkylation sites (tertiary alicyclic amines) is 1. The number of rotatable bonds is 6. The summed E-state index contributed by atoms with van der Waals surface area (Å²) < 4.78 is 0. The molecule has 1 N–H and O–H groups in total. The van der Waals surface area contributed by atoms with Gasteiger partial charge in [-0.05, 0) is 82.3 Å². The van der Waals surface area contributed by atoms with Crippen molar-refractivity contribution in [2.45, 2.75) is 66.3 Å². The lowest BCUT2D eigenvalue weighted by Gasteiger charge is -2.33. The maximum absolute atomic E-state index is 12.5. The van der Waals surface area contributed by atoms with Crippen LogP contribution in [0.25, 0.3) is 5.57 Å². The van der Waals surface area contributed by atoms with Gasteiger partial charge in [0.2, 0.25) is 0 Å². The summed E-state index contributed by atoms with van der Waals surface area (Å²) in [7, 11) is 0. The first kappa shape index (κ1) is 19.7. The number of amides is 1. The van der Waals surface area contributed by atoms with Crippen LogP contribution in [0.2, 0.25) is 0 Å². The van der Waals surface area contributed by atoms with Crippen LogP contribution in [0.3, 0.4) is 0 Å². The third-order valence-corrected chi connectivity index (χ3v) is 5.70. The molecule has 1 heterocycles. The maximum Gasteiger partial charge on any atom is 0.251 e. The summed E-state index contributed by atoms with van der Waals surface area (Å²) in [6.07, 6.45) is 4.93. The Balaban J connectivity index is 2.00. The molecule has 1 unspecified atom stereocenters. The Labute approximate surface area is 153 Å². The topological polar surface area (TPSA) is 32.3 Å². The summed E-state index contributed by atoms with van der Waals surface area (Å²) in [6.45, 7) is 13.7. The molecular weight excluding hydrogens is 308 g/mol. The van der Waals surface area contributed by atoms with E-state index < -0.39 is 0 Å². The lowest BCUT2D eigenvalue weighted by Crippen LogP contribution is -2.42. The van der Waals surface area contributed by atoms with E-state index in [0.29, 0.717) is 6.04 Å². The molecule has 3 heteroatoms. The monoisotopic (exact) mass is 342 g/mol. The highest BCUT2D eigenvalue weighted by Crippen LogP contribution is 2.24. The summed E-state index contributed by atoms with van der Waals surface area (Å²) in [5, 5.41) is 3.10. The van der Waals surface area contributed by atoms with E-state index in [1.165, 1.54) is 41.5 Å². The van der Waals surface area contributed by atoms with Crippen LogP contribution in [0.1, 0.15) is 74.9 Å². The lowest BCUT2D eigenvalue weighted by atomic mass is 9.95. The quantitative estimate of drug-likeness (QED) is 0.805. The Morgan fingerprint density at radius 3 is 2.72 bits per heavy atom. The molecule has 1 aliphatic heterocycles. The second-order valence-corrected chi connectivity index (χ2v) is 7.43. The smallest absolute Gasteiger partial charge is 0.251 e. The zero-order valence-corrected chi connectivity index (χ0v) is 16.6. The molecule has 1 saturated heterocycles. The standard InChI is InChI=1S/C22H34N2O/c1-6-16(2)19(5)21-15-20(11-10-17(21)3)22(25)23-12-14-24-13-8-7-9-18(24)4/h10-11,15,18H,6-9,12-14H2,1-5H3,(H,23,25)/b19-16-. The number of nitrogens with one attached hydrogen (secondary N) is 1. The number of hydrogen-bond donors (Lipinski definition) is 1. The van der Waals surface area contributed by atoms with E-state index in [9.17, 15) is 4.79 Å². The van der Waals surface area contributed by atoms with Crippen molar-refractivity contribution in [2.24, 2.45) is 0 Å². The van der Waals surface area contributed by atoms with Gasteiger partial charge in [-0.2, -0.15) is 0 Å². The molecule has 0 aliphatic carbocycles. The summed E-state index contributed by atoms with van der Waals surface area (Å²) in [4.78, 5) is 15.0. The van der Waals surface area contributed by atoms with Crippen molar-refractivity contribution < 1.29 is 4.79 Å². The predicted molar refractivity (Wildman–Crippen MR) is 107 cm³/mol. The highest BCUT2D eigenvalue weighted by atomic mass is 16.1. The first-order valence-corrected chi connectivity index (χ1v) is 9.73. The van der Waals surface area contributed by atoms with Crippen LogP contribution >= 0.6 is 0 Å².